The number of hydrogen-bond acceptors (Lipinski definition) is 3. The summed E-state index contributed by atoms with van der Waals surface area (Å²) in [7, 11) is 0. The fourth-order valence-electron chi connectivity index (χ4n) is 3.48. The smallest absolute Gasteiger partial charge is 0.252 e. The van der Waals surface area contributed by atoms with E-state index in [4.69, 9.17) is 0 Å². The number of nitrogens with zero attached hydrogens (tertiary/aromatic N) is 1. The second kappa shape index (κ2) is 11.2. The Hall–Kier alpha value is -2.25. The van der Waals surface area contributed by atoms with E-state index in [1.807, 2.05) is 12.1 Å². The van der Waals surface area contributed by atoms with Crippen LogP contribution in [0.15, 0.2) is 46.9 Å². The Morgan fingerprint density at radius 1 is 0.967 bits per heavy atom. The lowest BCUT2D eigenvalue weighted by atomic mass is 10.1. The Labute approximate surface area is 185 Å². The second-order valence-electron chi connectivity index (χ2n) is 7.56. The molecular formula is C23H27BrFN3O2. The fraction of sp³-hybridized carbons (Fsp3) is 0.391. The van der Waals surface area contributed by atoms with E-state index in [9.17, 15) is 14.0 Å². The molecule has 0 spiro atoms. The third-order valence-electron chi connectivity index (χ3n) is 5.18. The SMILES string of the molecule is O=C(CCNC(=O)c1cc(F)ccc1Br)NCc1ccc(CN2CCCCC2)cc1. The topological polar surface area (TPSA) is 61.4 Å². The van der Waals surface area contributed by atoms with Crippen molar-refractivity contribution < 1.29 is 14.0 Å². The van der Waals surface area contributed by atoms with Crippen LogP contribution in [0.5, 0.6) is 0 Å². The largest absolute Gasteiger partial charge is 0.352 e. The molecule has 0 bridgehead atoms. The summed E-state index contributed by atoms with van der Waals surface area (Å²) in [4.78, 5) is 26.6. The van der Waals surface area contributed by atoms with Crippen LogP contribution in [0.25, 0.3) is 0 Å². The highest BCUT2D eigenvalue weighted by Gasteiger charge is 2.12. The monoisotopic (exact) mass is 475 g/mol. The third kappa shape index (κ3) is 6.92. The molecular weight excluding hydrogens is 449 g/mol. The Morgan fingerprint density at radius 2 is 1.67 bits per heavy atom. The van der Waals surface area contributed by atoms with Gasteiger partial charge in [0.05, 0.1) is 5.56 Å². The van der Waals surface area contributed by atoms with Gasteiger partial charge in [-0.05, 0) is 71.2 Å². The van der Waals surface area contributed by atoms with Crippen LogP contribution in [-0.4, -0.2) is 36.3 Å². The van der Waals surface area contributed by atoms with Gasteiger partial charge in [0.25, 0.3) is 5.91 Å². The zero-order valence-corrected chi connectivity index (χ0v) is 18.5. The van der Waals surface area contributed by atoms with Crippen LogP contribution >= 0.6 is 15.9 Å². The fourth-order valence-corrected chi connectivity index (χ4v) is 3.91. The number of benzene rings is 2. The first-order valence-corrected chi connectivity index (χ1v) is 11.1. The van der Waals surface area contributed by atoms with Gasteiger partial charge in [-0.15, -0.1) is 0 Å². The summed E-state index contributed by atoms with van der Waals surface area (Å²) in [5, 5.41) is 5.51. The molecule has 30 heavy (non-hydrogen) atoms. The minimum absolute atomic E-state index is 0.147. The van der Waals surface area contributed by atoms with E-state index in [-0.39, 0.29) is 24.4 Å². The molecule has 5 nitrogen and oxygen atoms in total. The van der Waals surface area contributed by atoms with Gasteiger partial charge in [-0.3, -0.25) is 14.5 Å². The summed E-state index contributed by atoms with van der Waals surface area (Å²) in [6, 6.07) is 12.2. The molecule has 2 N–H and O–H groups in total. The van der Waals surface area contributed by atoms with Gasteiger partial charge in [0.1, 0.15) is 5.82 Å². The van der Waals surface area contributed by atoms with Crippen LogP contribution in [0.2, 0.25) is 0 Å². The van der Waals surface area contributed by atoms with Gasteiger partial charge in [-0.1, -0.05) is 30.7 Å². The summed E-state index contributed by atoms with van der Waals surface area (Å²) in [5.74, 6) is -1.05. The molecule has 1 saturated heterocycles. The lowest BCUT2D eigenvalue weighted by Gasteiger charge is -2.26. The first-order valence-electron chi connectivity index (χ1n) is 10.3. The van der Waals surface area contributed by atoms with E-state index < -0.39 is 11.7 Å². The van der Waals surface area contributed by atoms with E-state index in [2.05, 4.69) is 43.6 Å². The number of amides is 2. The van der Waals surface area contributed by atoms with E-state index >= 15 is 0 Å². The summed E-state index contributed by atoms with van der Waals surface area (Å²) < 4.78 is 13.8. The molecule has 1 aliphatic heterocycles. The van der Waals surface area contributed by atoms with Crippen LogP contribution in [0.4, 0.5) is 4.39 Å². The molecule has 0 aliphatic carbocycles. The van der Waals surface area contributed by atoms with Gasteiger partial charge in [0.2, 0.25) is 5.91 Å². The van der Waals surface area contributed by atoms with Crippen molar-refractivity contribution in [2.45, 2.75) is 38.8 Å². The first kappa shape index (κ1) is 22.4. The van der Waals surface area contributed by atoms with Crippen molar-refractivity contribution in [3.05, 3.63) is 69.4 Å². The van der Waals surface area contributed by atoms with Crippen LogP contribution in [0.3, 0.4) is 0 Å². The van der Waals surface area contributed by atoms with Gasteiger partial charge in [0.15, 0.2) is 0 Å². The Balaban J connectivity index is 1.37. The number of likely N-dealkylation sites (tertiary alicyclic amines) is 1. The molecule has 1 aliphatic rings. The zero-order valence-electron chi connectivity index (χ0n) is 16.9. The van der Waals surface area contributed by atoms with E-state index in [1.54, 1.807) is 0 Å². The number of halogens is 2. The van der Waals surface area contributed by atoms with E-state index in [0.29, 0.717) is 11.0 Å². The highest BCUT2D eigenvalue weighted by Crippen LogP contribution is 2.17. The lowest BCUT2D eigenvalue weighted by molar-refractivity contribution is -0.121. The normalized spacial score (nSPS) is 14.3. The molecule has 3 rings (SSSR count). The van der Waals surface area contributed by atoms with Gasteiger partial charge in [-0.2, -0.15) is 0 Å². The van der Waals surface area contributed by atoms with Gasteiger partial charge >= 0.3 is 0 Å². The maximum Gasteiger partial charge on any atom is 0.252 e. The number of nitrogens with one attached hydrogen (secondary N) is 2. The maximum absolute atomic E-state index is 13.3. The summed E-state index contributed by atoms with van der Waals surface area (Å²) in [5.41, 5.74) is 2.54. The summed E-state index contributed by atoms with van der Waals surface area (Å²) in [6.07, 6.45) is 4.06. The quantitative estimate of drug-likeness (QED) is 0.606. The highest BCUT2D eigenvalue weighted by molar-refractivity contribution is 9.10. The number of carbonyl (C=O) groups is 2. The average molecular weight is 476 g/mol. The van der Waals surface area contributed by atoms with Crippen molar-refractivity contribution in [1.82, 2.24) is 15.5 Å². The summed E-state index contributed by atoms with van der Waals surface area (Å²) in [6.45, 7) is 3.96. The van der Waals surface area contributed by atoms with Crippen molar-refractivity contribution in [1.29, 1.82) is 0 Å². The van der Waals surface area contributed by atoms with Crippen LogP contribution in [0.1, 0.15) is 47.2 Å². The number of piperidine rings is 1. The Kier molecular flexibility index (Phi) is 8.39. The minimum atomic E-state index is -0.483. The predicted octanol–water partition coefficient (Wildman–Crippen LogP) is 4.01. The average Bonchev–Trinajstić information content (AvgIpc) is 2.75. The second-order valence-corrected chi connectivity index (χ2v) is 8.41. The zero-order chi connectivity index (χ0) is 21.3. The van der Waals surface area contributed by atoms with Crippen molar-refractivity contribution in [2.24, 2.45) is 0 Å². The molecule has 0 unspecified atom stereocenters. The molecule has 1 heterocycles. The van der Waals surface area contributed by atoms with Crippen LogP contribution in [-0.2, 0) is 17.9 Å². The van der Waals surface area contributed by atoms with Crippen molar-refractivity contribution in [3.8, 4) is 0 Å². The lowest BCUT2D eigenvalue weighted by Crippen LogP contribution is -2.30. The van der Waals surface area contributed by atoms with E-state index in [1.165, 1.54) is 50.0 Å². The molecule has 0 aromatic heterocycles. The molecule has 0 radical (unpaired) electrons. The van der Waals surface area contributed by atoms with Crippen molar-refractivity contribution in [2.75, 3.05) is 19.6 Å². The van der Waals surface area contributed by atoms with Gasteiger partial charge < -0.3 is 10.6 Å². The molecule has 2 aromatic rings. The third-order valence-corrected chi connectivity index (χ3v) is 5.87. The Morgan fingerprint density at radius 3 is 2.40 bits per heavy atom. The molecule has 2 aromatic carbocycles. The summed E-state index contributed by atoms with van der Waals surface area (Å²) >= 11 is 3.23. The van der Waals surface area contributed by atoms with Crippen LogP contribution in [0, 0.1) is 5.82 Å². The van der Waals surface area contributed by atoms with Crippen LogP contribution < -0.4 is 10.6 Å². The molecule has 0 saturated carbocycles. The molecule has 2 amide bonds. The Bertz CT molecular complexity index is 867. The predicted molar refractivity (Wildman–Crippen MR) is 118 cm³/mol. The van der Waals surface area contributed by atoms with Crippen molar-refractivity contribution in [3.63, 3.8) is 0 Å². The highest BCUT2D eigenvalue weighted by atomic mass is 79.9. The molecule has 1 fully saturated rings. The first-order chi connectivity index (χ1) is 14.5. The molecule has 7 heteroatoms. The maximum atomic E-state index is 13.3. The number of carbonyl (C=O) groups excluding carboxylic acids is 2. The standard InChI is InChI=1S/C23H27BrFN3O2/c24-21-9-8-19(25)14-20(21)23(30)26-11-10-22(29)27-15-17-4-6-18(7-5-17)16-28-12-2-1-3-13-28/h4-9,14H,1-3,10-13,15-16H2,(H,26,30)(H,27,29). The van der Waals surface area contributed by atoms with Gasteiger partial charge in [-0.25, -0.2) is 4.39 Å². The van der Waals surface area contributed by atoms with E-state index in [0.717, 1.165) is 18.2 Å². The molecule has 160 valence electrons. The van der Waals surface area contributed by atoms with Crippen molar-refractivity contribution >= 4 is 27.7 Å². The number of rotatable bonds is 8. The molecule has 0 atom stereocenters. The number of hydrogen-bond donors (Lipinski definition) is 2. The van der Waals surface area contributed by atoms with Gasteiger partial charge in [0, 0.05) is 30.5 Å². The minimum Gasteiger partial charge on any atom is -0.352 e.